The third-order valence-electron chi connectivity index (χ3n) is 4.68. The lowest BCUT2D eigenvalue weighted by atomic mass is 10.2. The number of carbonyl (C=O) groups is 2. The molecule has 174 valence electrons. The van der Waals surface area contributed by atoms with E-state index in [-0.39, 0.29) is 23.6 Å². The molecule has 0 bridgehead atoms. The van der Waals surface area contributed by atoms with E-state index in [1.165, 1.54) is 11.8 Å². The second-order valence-corrected chi connectivity index (χ2v) is 9.18. The van der Waals surface area contributed by atoms with Crippen molar-refractivity contribution in [2.45, 2.75) is 31.6 Å². The Morgan fingerprint density at radius 2 is 1.94 bits per heavy atom. The van der Waals surface area contributed by atoms with Crippen molar-refractivity contribution in [3.63, 3.8) is 0 Å². The summed E-state index contributed by atoms with van der Waals surface area (Å²) in [4.78, 5) is 24.9. The van der Waals surface area contributed by atoms with Crippen LogP contribution in [0.3, 0.4) is 0 Å². The number of rotatable bonds is 9. The number of amides is 2. The van der Waals surface area contributed by atoms with Gasteiger partial charge in [0.25, 0.3) is 5.91 Å². The number of ether oxygens (including phenoxy) is 1. The van der Waals surface area contributed by atoms with E-state index in [2.05, 4.69) is 36.8 Å². The molecule has 1 aromatic heterocycles. The van der Waals surface area contributed by atoms with Crippen molar-refractivity contribution in [1.29, 1.82) is 0 Å². The Kier molecular flexibility index (Phi) is 8.76. The van der Waals surface area contributed by atoms with Gasteiger partial charge in [0.15, 0.2) is 11.0 Å². The summed E-state index contributed by atoms with van der Waals surface area (Å²) in [6.07, 6.45) is 0. The summed E-state index contributed by atoms with van der Waals surface area (Å²) in [6.45, 7) is 4.40. The van der Waals surface area contributed by atoms with Crippen LogP contribution in [0.2, 0.25) is 5.02 Å². The van der Waals surface area contributed by atoms with Crippen LogP contribution in [0.15, 0.2) is 52.1 Å². The summed E-state index contributed by atoms with van der Waals surface area (Å²) in [5.41, 5.74) is 1.13. The fourth-order valence-corrected chi connectivity index (χ4v) is 4.25. The molecule has 3 rings (SSSR count). The number of anilines is 1. The van der Waals surface area contributed by atoms with Gasteiger partial charge in [0.1, 0.15) is 5.75 Å². The smallest absolute Gasteiger partial charge is 0.251 e. The molecule has 0 radical (unpaired) electrons. The van der Waals surface area contributed by atoms with E-state index in [4.69, 9.17) is 16.3 Å². The Bertz CT molecular complexity index is 1140. The van der Waals surface area contributed by atoms with Crippen LogP contribution in [0, 0.1) is 0 Å². The highest BCUT2D eigenvalue weighted by Crippen LogP contribution is 2.26. The maximum atomic E-state index is 12.6. The van der Waals surface area contributed by atoms with Gasteiger partial charge >= 0.3 is 0 Å². The predicted octanol–water partition coefficient (Wildman–Crippen LogP) is 4.94. The van der Waals surface area contributed by atoms with Gasteiger partial charge in [-0.15, -0.1) is 10.2 Å². The van der Waals surface area contributed by atoms with E-state index in [9.17, 15) is 9.59 Å². The normalized spacial score (nSPS) is 11.7. The first-order chi connectivity index (χ1) is 15.8. The van der Waals surface area contributed by atoms with E-state index < -0.39 is 0 Å². The van der Waals surface area contributed by atoms with Crippen LogP contribution < -0.4 is 15.4 Å². The topological polar surface area (TPSA) is 98.1 Å². The van der Waals surface area contributed by atoms with Crippen molar-refractivity contribution in [3.8, 4) is 5.75 Å². The lowest BCUT2D eigenvalue weighted by Gasteiger charge is -2.15. The largest absolute Gasteiger partial charge is 0.497 e. The Balaban J connectivity index is 1.61. The molecule has 0 saturated heterocycles. The van der Waals surface area contributed by atoms with Crippen LogP contribution in [0.25, 0.3) is 0 Å². The SMILES string of the molecule is CCn1c(SCC(=O)Nc2ccc(Br)c(Cl)c2)nnc1[C@H](C)NC(=O)c1ccc(OC)cc1. The van der Waals surface area contributed by atoms with Crippen molar-refractivity contribution in [2.24, 2.45) is 0 Å². The van der Waals surface area contributed by atoms with E-state index in [0.29, 0.717) is 39.5 Å². The molecule has 1 heterocycles. The molecule has 3 aromatic rings. The molecule has 1 atom stereocenters. The molecule has 2 N–H and O–H groups in total. The molecular weight excluding hydrogens is 530 g/mol. The molecule has 0 aliphatic heterocycles. The number of aromatic nitrogens is 3. The molecule has 33 heavy (non-hydrogen) atoms. The van der Waals surface area contributed by atoms with Crippen molar-refractivity contribution >= 4 is 56.8 Å². The number of thioether (sulfide) groups is 1. The number of nitrogens with zero attached hydrogens (tertiary/aromatic N) is 3. The minimum atomic E-state index is -0.375. The van der Waals surface area contributed by atoms with Crippen molar-refractivity contribution in [2.75, 3.05) is 18.2 Å². The second-order valence-electron chi connectivity index (χ2n) is 6.97. The quantitative estimate of drug-likeness (QED) is 0.365. The van der Waals surface area contributed by atoms with Gasteiger partial charge < -0.3 is 19.9 Å². The number of methoxy groups -OCH3 is 1. The number of hydrogen-bond acceptors (Lipinski definition) is 6. The molecule has 0 aliphatic carbocycles. The predicted molar refractivity (Wildman–Crippen MR) is 133 cm³/mol. The zero-order valence-corrected chi connectivity index (χ0v) is 21.4. The number of benzene rings is 2. The van der Waals surface area contributed by atoms with Gasteiger partial charge in [0.05, 0.1) is 23.9 Å². The zero-order valence-electron chi connectivity index (χ0n) is 18.3. The zero-order chi connectivity index (χ0) is 24.0. The summed E-state index contributed by atoms with van der Waals surface area (Å²) in [5, 5.41) is 15.3. The highest BCUT2D eigenvalue weighted by molar-refractivity contribution is 9.10. The van der Waals surface area contributed by atoms with Crippen LogP contribution in [-0.4, -0.2) is 39.4 Å². The third kappa shape index (κ3) is 6.49. The molecular formula is C22H23BrClN5O3S. The van der Waals surface area contributed by atoms with E-state index in [0.717, 1.165) is 4.47 Å². The van der Waals surface area contributed by atoms with Crippen molar-refractivity contribution < 1.29 is 14.3 Å². The van der Waals surface area contributed by atoms with Gasteiger partial charge in [-0.2, -0.15) is 0 Å². The maximum absolute atomic E-state index is 12.6. The summed E-state index contributed by atoms with van der Waals surface area (Å²) < 4.78 is 7.76. The highest BCUT2D eigenvalue weighted by atomic mass is 79.9. The van der Waals surface area contributed by atoms with Gasteiger partial charge in [-0.3, -0.25) is 9.59 Å². The molecule has 8 nitrogen and oxygen atoms in total. The first-order valence-corrected chi connectivity index (χ1v) is 12.2. The minimum Gasteiger partial charge on any atom is -0.497 e. The van der Waals surface area contributed by atoms with E-state index >= 15 is 0 Å². The first-order valence-electron chi connectivity index (χ1n) is 10.1. The average Bonchev–Trinajstić information content (AvgIpc) is 3.23. The van der Waals surface area contributed by atoms with Crippen LogP contribution in [0.1, 0.15) is 36.1 Å². The highest BCUT2D eigenvalue weighted by Gasteiger charge is 2.20. The minimum absolute atomic E-state index is 0.151. The maximum Gasteiger partial charge on any atom is 0.251 e. The fraction of sp³-hybridized carbons (Fsp3) is 0.273. The van der Waals surface area contributed by atoms with Gasteiger partial charge in [-0.25, -0.2) is 0 Å². The molecule has 0 aliphatic rings. The van der Waals surface area contributed by atoms with Gasteiger partial charge in [0, 0.05) is 22.3 Å². The molecule has 2 amide bonds. The molecule has 0 spiro atoms. The Morgan fingerprint density at radius 3 is 2.58 bits per heavy atom. The lowest BCUT2D eigenvalue weighted by molar-refractivity contribution is -0.113. The average molecular weight is 553 g/mol. The molecule has 11 heteroatoms. The summed E-state index contributed by atoms with van der Waals surface area (Å²) in [5.74, 6) is 1.03. The van der Waals surface area contributed by atoms with E-state index in [1.807, 2.05) is 18.4 Å². The molecule has 2 aromatic carbocycles. The van der Waals surface area contributed by atoms with E-state index in [1.54, 1.807) is 49.6 Å². The summed E-state index contributed by atoms with van der Waals surface area (Å²) >= 11 is 10.7. The summed E-state index contributed by atoms with van der Waals surface area (Å²) in [6, 6.07) is 11.7. The van der Waals surface area contributed by atoms with Gasteiger partial charge in [0.2, 0.25) is 5.91 Å². The Morgan fingerprint density at radius 1 is 1.21 bits per heavy atom. The van der Waals surface area contributed by atoms with Gasteiger partial charge in [-0.1, -0.05) is 23.4 Å². The van der Waals surface area contributed by atoms with Crippen LogP contribution >= 0.6 is 39.3 Å². The number of hydrogen-bond donors (Lipinski definition) is 2. The van der Waals surface area contributed by atoms with Crippen LogP contribution in [-0.2, 0) is 11.3 Å². The van der Waals surface area contributed by atoms with Crippen molar-refractivity contribution in [1.82, 2.24) is 20.1 Å². The standard InChI is InChI=1S/C22H23BrClN5O3S/c1-4-29-20(13(2)25-21(31)14-5-8-16(32-3)9-6-14)27-28-22(29)33-12-19(30)26-15-7-10-17(23)18(24)11-15/h5-11,13H,4,12H2,1-3H3,(H,25,31)(H,26,30)/t13-/m0/s1. The second kappa shape index (κ2) is 11.5. The molecule has 0 saturated carbocycles. The molecule has 0 fully saturated rings. The molecule has 0 unspecified atom stereocenters. The Hall–Kier alpha value is -2.56. The fourth-order valence-electron chi connectivity index (χ4n) is 3.01. The van der Waals surface area contributed by atoms with Crippen LogP contribution in [0.4, 0.5) is 5.69 Å². The monoisotopic (exact) mass is 551 g/mol. The number of halogens is 2. The lowest BCUT2D eigenvalue weighted by Crippen LogP contribution is -2.28. The third-order valence-corrected chi connectivity index (χ3v) is 6.88. The first kappa shape index (κ1) is 25.1. The Labute approximate surface area is 209 Å². The summed E-state index contributed by atoms with van der Waals surface area (Å²) in [7, 11) is 1.57. The number of nitrogens with one attached hydrogen (secondary N) is 2. The van der Waals surface area contributed by atoms with Crippen molar-refractivity contribution in [3.05, 3.63) is 63.3 Å². The number of carbonyl (C=O) groups excluding carboxylic acids is 2. The van der Waals surface area contributed by atoms with Crippen LogP contribution in [0.5, 0.6) is 5.75 Å². The van der Waals surface area contributed by atoms with Gasteiger partial charge in [-0.05, 0) is 72.2 Å².